The highest BCUT2D eigenvalue weighted by atomic mass is 19.2. The van der Waals surface area contributed by atoms with Crippen molar-refractivity contribution in [2.24, 2.45) is 7.05 Å². The molecule has 0 aliphatic rings. The lowest BCUT2D eigenvalue weighted by Gasteiger charge is -2.16. The summed E-state index contributed by atoms with van der Waals surface area (Å²) in [5.74, 6) is -7.67. The first kappa shape index (κ1) is 20.4. The van der Waals surface area contributed by atoms with Crippen LogP contribution in [0.4, 0.5) is 17.6 Å². The maximum Gasteiger partial charge on any atom is 0.253 e. The molecule has 3 rings (SSSR count). The monoisotopic (exact) mass is 407 g/mol. The van der Waals surface area contributed by atoms with E-state index < -0.39 is 29.0 Å². The minimum atomic E-state index is -1.60. The van der Waals surface area contributed by atoms with Crippen LogP contribution < -0.4 is 4.74 Å². The first-order chi connectivity index (χ1) is 13.8. The number of amides is 1. The molecule has 0 radical (unpaired) electrons. The fraction of sp³-hybridized carbons (Fsp3) is 0.200. The van der Waals surface area contributed by atoms with E-state index in [-0.39, 0.29) is 18.6 Å². The van der Waals surface area contributed by atoms with Crippen molar-refractivity contribution in [2.75, 3.05) is 7.05 Å². The lowest BCUT2D eigenvalue weighted by molar-refractivity contribution is 0.0783. The third kappa shape index (κ3) is 4.56. The molecule has 0 atom stereocenters. The Balaban J connectivity index is 1.65. The van der Waals surface area contributed by atoms with Crippen molar-refractivity contribution in [3.63, 3.8) is 0 Å². The third-order valence-electron chi connectivity index (χ3n) is 4.17. The largest absolute Gasteiger partial charge is 0.483 e. The molecule has 0 saturated carbocycles. The molecule has 5 nitrogen and oxygen atoms in total. The summed E-state index contributed by atoms with van der Waals surface area (Å²) in [5, 5.41) is 4.21. The molecule has 0 fully saturated rings. The van der Waals surface area contributed by atoms with Crippen LogP contribution in [0.3, 0.4) is 0 Å². The van der Waals surface area contributed by atoms with Crippen LogP contribution in [-0.4, -0.2) is 27.6 Å². The molecular weight excluding hydrogens is 390 g/mol. The maximum atomic E-state index is 13.6. The number of rotatable bonds is 6. The zero-order chi connectivity index (χ0) is 21.1. The van der Waals surface area contributed by atoms with Gasteiger partial charge in [0.1, 0.15) is 6.61 Å². The molecule has 0 saturated heterocycles. The Labute approximate surface area is 164 Å². The molecule has 3 aromatic rings. The van der Waals surface area contributed by atoms with Crippen molar-refractivity contribution in [3.8, 4) is 5.75 Å². The van der Waals surface area contributed by atoms with Crippen molar-refractivity contribution >= 4 is 5.91 Å². The van der Waals surface area contributed by atoms with E-state index in [1.165, 1.54) is 29.2 Å². The van der Waals surface area contributed by atoms with Crippen molar-refractivity contribution < 1.29 is 27.1 Å². The maximum absolute atomic E-state index is 13.6. The van der Waals surface area contributed by atoms with E-state index in [4.69, 9.17) is 4.74 Å². The molecule has 1 heterocycles. The Bertz CT molecular complexity index is 1010. The van der Waals surface area contributed by atoms with E-state index in [2.05, 4.69) is 5.10 Å². The number of aromatic nitrogens is 2. The van der Waals surface area contributed by atoms with Crippen LogP contribution in [-0.2, 0) is 20.2 Å². The third-order valence-corrected chi connectivity index (χ3v) is 4.17. The topological polar surface area (TPSA) is 47.4 Å². The van der Waals surface area contributed by atoms with E-state index in [0.717, 1.165) is 5.69 Å². The number of aryl methyl sites for hydroxylation is 1. The van der Waals surface area contributed by atoms with Gasteiger partial charge in [0.2, 0.25) is 11.6 Å². The molecule has 0 aliphatic heterocycles. The van der Waals surface area contributed by atoms with E-state index in [9.17, 15) is 22.4 Å². The Morgan fingerprint density at radius 2 is 1.69 bits per heavy atom. The molecule has 0 aliphatic carbocycles. The Morgan fingerprint density at radius 1 is 1.07 bits per heavy atom. The summed E-state index contributed by atoms with van der Waals surface area (Å²) in [6.45, 7) is -0.0107. The molecule has 2 aromatic carbocycles. The second kappa shape index (κ2) is 8.34. The number of halogens is 4. The van der Waals surface area contributed by atoms with Crippen molar-refractivity contribution in [1.29, 1.82) is 0 Å². The molecular formula is C20H17F4N3O2. The van der Waals surface area contributed by atoms with Crippen LogP contribution >= 0.6 is 0 Å². The second-order valence-electron chi connectivity index (χ2n) is 6.42. The van der Waals surface area contributed by atoms with Crippen LogP contribution in [0, 0.1) is 23.3 Å². The molecule has 0 spiro atoms. The van der Waals surface area contributed by atoms with Gasteiger partial charge in [0.25, 0.3) is 5.91 Å². The minimum Gasteiger partial charge on any atom is -0.483 e. The lowest BCUT2D eigenvalue weighted by atomic mass is 10.1. The highest BCUT2D eigenvalue weighted by molar-refractivity contribution is 5.94. The average molecular weight is 407 g/mol. The van der Waals surface area contributed by atoms with Gasteiger partial charge in [0, 0.05) is 31.9 Å². The van der Waals surface area contributed by atoms with Crippen LogP contribution in [0.1, 0.15) is 21.6 Å². The van der Waals surface area contributed by atoms with Crippen LogP contribution in [0.5, 0.6) is 5.75 Å². The highest BCUT2D eigenvalue weighted by Gasteiger charge is 2.20. The zero-order valence-electron chi connectivity index (χ0n) is 15.6. The van der Waals surface area contributed by atoms with Gasteiger partial charge < -0.3 is 9.64 Å². The van der Waals surface area contributed by atoms with Gasteiger partial charge in [0.05, 0.1) is 12.2 Å². The second-order valence-corrected chi connectivity index (χ2v) is 6.42. The predicted octanol–water partition coefficient (Wildman–Crippen LogP) is 3.83. The van der Waals surface area contributed by atoms with E-state index >= 15 is 0 Å². The van der Waals surface area contributed by atoms with Crippen molar-refractivity contribution in [3.05, 3.63) is 82.7 Å². The number of carbonyl (C=O) groups is 1. The average Bonchev–Trinajstić information content (AvgIpc) is 3.11. The lowest BCUT2D eigenvalue weighted by Crippen LogP contribution is -2.26. The predicted molar refractivity (Wildman–Crippen MR) is 96.1 cm³/mol. The van der Waals surface area contributed by atoms with Gasteiger partial charge in [-0.25, -0.2) is 8.78 Å². The van der Waals surface area contributed by atoms with E-state index in [0.29, 0.717) is 17.7 Å². The van der Waals surface area contributed by atoms with Crippen LogP contribution in [0.2, 0.25) is 0 Å². The van der Waals surface area contributed by atoms with Gasteiger partial charge >= 0.3 is 0 Å². The highest BCUT2D eigenvalue weighted by Crippen LogP contribution is 2.27. The Morgan fingerprint density at radius 3 is 2.24 bits per heavy atom. The summed E-state index contributed by atoms with van der Waals surface area (Å²) in [5.41, 5.74) is 1.58. The molecule has 29 heavy (non-hydrogen) atoms. The first-order valence-electron chi connectivity index (χ1n) is 8.55. The van der Waals surface area contributed by atoms with Gasteiger partial charge in [0.15, 0.2) is 17.4 Å². The van der Waals surface area contributed by atoms with Gasteiger partial charge in [-0.3, -0.25) is 9.48 Å². The summed E-state index contributed by atoms with van der Waals surface area (Å²) in [6.07, 6.45) is 1.78. The van der Waals surface area contributed by atoms with E-state index in [1.807, 2.05) is 0 Å². The summed E-state index contributed by atoms with van der Waals surface area (Å²) in [4.78, 5) is 14.0. The molecule has 0 bridgehead atoms. The molecule has 0 unspecified atom stereocenters. The molecule has 152 valence electrons. The smallest absolute Gasteiger partial charge is 0.253 e. The quantitative estimate of drug-likeness (QED) is 0.461. The van der Waals surface area contributed by atoms with E-state index in [1.54, 1.807) is 31.0 Å². The summed E-state index contributed by atoms with van der Waals surface area (Å²) < 4.78 is 60.2. The zero-order valence-corrected chi connectivity index (χ0v) is 15.6. The standard InChI is InChI=1S/C20H17F4N3O2/c1-26(10-14-7-8-27(2)25-14)20(28)13-5-3-12(4-6-13)11-29-19-17(23)15(21)9-16(22)18(19)24/h3-9H,10-11H2,1-2H3. The fourth-order valence-corrected chi connectivity index (χ4v) is 2.66. The number of hydrogen-bond donors (Lipinski definition) is 0. The number of hydrogen-bond acceptors (Lipinski definition) is 3. The van der Waals surface area contributed by atoms with Crippen LogP contribution in [0.25, 0.3) is 0 Å². The van der Waals surface area contributed by atoms with Crippen LogP contribution in [0.15, 0.2) is 42.6 Å². The minimum absolute atomic E-state index is 0.111. The summed E-state index contributed by atoms with van der Waals surface area (Å²) >= 11 is 0. The molecule has 1 aromatic heterocycles. The van der Waals surface area contributed by atoms with Gasteiger partial charge in [-0.2, -0.15) is 13.9 Å². The summed E-state index contributed by atoms with van der Waals surface area (Å²) in [6, 6.07) is 8.00. The number of carbonyl (C=O) groups excluding carboxylic acids is 1. The summed E-state index contributed by atoms with van der Waals surface area (Å²) in [7, 11) is 3.42. The molecule has 0 N–H and O–H groups in total. The Hall–Kier alpha value is -3.36. The normalized spacial score (nSPS) is 10.8. The first-order valence-corrected chi connectivity index (χ1v) is 8.55. The fourth-order valence-electron chi connectivity index (χ4n) is 2.66. The number of ether oxygens (including phenoxy) is 1. The van der Waals surface area contributed by atoms with Gasteiger partial charge in [-0.15, -0.1) is 0 Å². The van der Waals surface area contributed by atoms with Crippen molar-refractivity contribution in [2.45, 2.75) is 13.2 Å². The Kier molecular flexibility index (Phi) is 5.86. The molecule has 9 heteroatoms. The van der Waals surface area contributed by atoms with Gasteiger partial charge in [-0.1, -0.05) is 12.1 Å². The SMILES string of the molecule is CN(Cc1ccn(C)n1)C(=O)c1ccc(COc2c(F)c(F)cc(F)c2F)cc1. The van der Waals surface area contributed by atoms with Gasteiger partial charge in [-0.05, 0) is 23.8 Å². The van der Waals surface area contributed by atoms with Crippen molar-refractivity contribution in [1.82, 2.24) is 14.7 Å². The number of benzene rings is 2. The molecule has 1 amide bonds. The number of nitrogens with zero attached hydrogens (tertiary/aromatic N) is 3.